The first-order chi connectivity index (χ1) is 12.2. The van der Waals surface area contributed by atoms with Crippen LogP contribution in [0.3, 0.4) is 0 Å². The van der Waals surface area contributed by atoms with Gasteiger partial charge in [-0.1, -0.05) is 25.0 Å². The predicted molar refractivity (Wildman–Crippen MR) is 96.6 cm³/mol. The zero-order valence-corrected chi connectivity index (χ0v) is 14.0. The van der Waals surface area contributed by atoms with Crippen LogP contribution in [0.4, 0.5) is 5.69 Å². The smallest absolute Gasteiger partial charge is 0.244 e. The zero-order chi connectivity index (χ0) is 17.5. The first-order valence-corrected chi connectivity index (χ1v) is 8.60. The Morgan fingerprint density at radius 3 is 2.76 bits per heavy atom. The molecule has 1 aromatic heterocycles. The first-order valence-electron chi connectivity index (χ1n) is 8.60. The Bertz CT molecular complexity index is 744. The lowest BCUT2D eigenvalue weighted by Crippen LogP contribution is -2.21. The number of carbonyl (C=O) groups excluding carboxylic acids is 2. The molecule has 5 heteroatoms. The van der Waals surface area contributed by atoms with E-state index in [1.54, 1.807) is 24.5 Å². The van der Waals surface area contributed by atoms with Crippen molar-refractivity contribution < 1.29 is 14.0 Å². The molecule has 1 aliphatic carbocycles. The number of furan rings is 1. The highest BCUT2D eigenvalue weighted by atomic mass is 16.3. The molecule has 1 fully saturated rings. The van der Waals surface area contributed by atoms with Crippen molar-refractivity contribution in [3.63, 3.8) is 0 Å². The van der Waals surface area contributed by atoms with Gasteiger partial charge in [0.2, 0.25) is 11.8 Å². The second-order valence-corrected chi connectivity index (χ2v) is 6.24. The van der Waals surface area contributed by atoms with E-state index < -0.39 is 0 Å². The third-order valence-corrected chi connectivity index (χ3v) is 4.33. The van der Waals surface area contributed by atoms with E-state index in [0.29, 0.717) is 12.3 Å². The Morgan fingerprint density at radius 1 is 1.16 bits per heavy atom. The van der Waals surface area contributed by atoms with Gasteiger partial charge in [-0.25, -0.2) is 0 Å². The summed E-state index contributed by atoms with van der Waals surface area (Å²) in [5.74, 6) is 0.665. The van der Waals surface area contributed by atoms with Crippen LogP contribution in [0, 0.1) is 5.92 Å². The number of nitrogens with one attached hydrogen (secondary N) is 2. The van der Waals surface area contributed by atoms with Gasteiger partial charge in [-0.3, -0.25) is 9.59 Å². The molecule has 0 bridgehead atoms. The van der Waals surface area contributed by atoms with Crippen LogP contribution in [0.25, 0.3) is 6.08 Å². The summed E-state index contributed by atoms with van der Waals surface area (Å²) in [5, 5.41) is 5.79. The molecule has 1 saturated carbocycles. The fraction of sp³-hybridized carbons (Fsp3) is 0.300. The third-order valence-electron chi connectivity index (χ3n) is 4.33. The molecule has 0 atom stereocenters. The molecule has 3 rings (SSSR count). The first kappa shape index (κ1) is 17.0. The minimum Gasteiger partial charge on any atom is -0.465 e. The number of benzene rings is 1. The predicted octanol–water partition coefficient (Wildman–Crippen LogP) is 3.74. The van der Waals surface area contributed by atoms with Crippen LogP contribution in [0.2, 0.25) is 0 Å². The van der Waals surface area contributed by atoms with Crippen molar-refractivity contribution in [1.82, 2.24) is 5.32 Å². The molecule has 25 heavy (non-hydrogen) atoms. The van der Waals surface area contributed by atoms with Crippen LogP contribution < -0.4 is 10.6 Å². The van der Waals surface area contributed by atoms with Crippen molar-refractivity contribution in [2.24, 2.45) is 5.92 Å². The van der Waals surface area contributed by atoms with Gasteiger partial charge in [0, 0.05) is 24.2 Å². The van der Waals surface area contributed by atoms with E-state index >= 15 is 0 Å². The Morgan fingerprint density at radius 2 is 2.00 bits per heavy atom. The number of rotatable bonds is 6. The van der Waals surface area contributed by atoms with E-state index in [-0.39, 0.29) is 17.7 Å². The molecule has 2 N–H and O–H groups in total. The highest BCUT2D eigenvalue weighted by molar-refractivity contribution is 5.93. The maximum absolute atomic E-state index is 12.2. The van der Waals surface area contributed by atoms with E-state index in [1.807, 2.05) is 24.3 Å². The van der Waals surface area contributed by atoms with E-state index in [2.05, 4.69) is 10.6 Å². The average molecular weight is 338 g/mol. The van der Waals surface area contributed by atoms with Gasteiger partial charge in [0.25, 0.3) is 0 Å². The Kier molecular flexibility index (Phi) is 5.67. The second kappa shape index (κ2) is 8.33. The molecular formula is C20H22N2O3. The number of anilines is 1. The average Bonchev–Trinajstić information content (AvgIpc) is 3.32. The Hall–Kier alpha value is -2.82. The largest absolute Gasteiger partial charge is 0.465 e. The molecule has 0 saturated heterocycles. The molecule has 1 aromatic carbocycles. The van der Waals surface area contributed by atoms with Crippen molar-refractivity contribution in [2.75, 3.05) is 5.32 Å². The molecule has 1 heterocycles. The van der Waals surface area contributed by atoms with Crippen LogP contribution in [-0.2, 0) is 16.1 Å². The fourth-order valence-electron chi connectivity index (χ4n) is 2.98. The summed E-state index contributed by atoms with van der Waals surface area (Å²) in [6.45, 7) is 0.397. The van der Waals surface area contributed by atoms with Crippen molar-refractivity contribution >= 4 is 23.6 Å². The summed E-state index contributed by atoms with van der Waals surface area (Å²) in [6, 6.07) is 11.1. The highest BCUT2D eigenvalue weighted by Gasteiger charge is 2.22. The lowest BCUT2D eigenvalue weighted by Gasteiger charge is -2.11. The van der Waals surface area contributed by atoms with Crippen molar-refractivity contribution in [3.05, 3.63) is 60.1 Å². The Labute approximate surface area is 147 Å². The van der Waals surface area contributed by atoms with E-state index in [9.17, 15) is 9.59 Å². The summed E-state index contributed by atoms with van der Waals surface area (Å²) < 4.78 is 5.13. The summed E-state index contributed by atoms with van der Waals surface area (Å²) in [5.41, 5.74) is 1.71. The third kappa shape index (κ3) is 5.08. The van der Waals surface area contributed by atoms with Crippen LogP contribution in [0.1, 0.15) is 37.0 Å². The molecular weight excluding hydrogens is 316 g/mol. The lowest BCUT2D eigenvalue weighted by molar-refractivity contribution is -0.119. The molecule has 130 valence electrons. The number of carbonyl (C=O) groups is 2. The van der Waals surface area contributed by atoms with Gasteiger partial charge >= 0.3 is 0 Å². The maximum Gasteiger partial charge on any atom is 0.244 e. The van der Waals surface area contributed by atoms with Crippen LogP contribution in [0.5, 0.6) is 0 Å². The number of amides is 2. The molecule has 1 aliphatic rings. The number of hydrogen-bond donors (Lipinski definition) is 2. The monoisotopic (exact) mass is 338 g/mol. The van der Waals surface area contributed by atoms with Crippen molar-refractivity contribution in [2.45, 2.75) is 32.2 Å². The van der Waals surface area contributed by atoms with E-state index in [0.717, 1.165) is 36.9 Å². The van der Waals surface area contributed by atoms with Crippen molar-refractivity contribution in [3.8, 4) is 0 Å². The Balaban J connectivity index is 1.51. The van der Waals surface area contributed by atoms with E-state index in [1.165, 1.54) is 6.08 Å². The summed E-state index contributed by atoms with van der Waals surface area (Å²) >= 11 is 0. The number of hydrogen-bond acceptors (Lipinski definition) is 3. The second-order valence-electron chi connectivity index (χ2n) is 6.24. The quantitative estimate of drug-likeness (QED) is 0.788. The summed E-state index contributed by atoms with van der Waals surface area (Å²) in [4.78, 5) is 24.0. The topological polar surface area (TPSA) is 71.3 Å². The van der Waals surface area contributed by atoms with Gasteiger partial charge < -0.3 is 15.1 Å². The molecule has 2 amide bonds. The molecule has 5 nitrogen and oxygen atoms in total. The molecule has 0 aliphatic heterocycles. The van der Waals surface area contributed by atoms with Gasteiger partial charge in [-0.2, -0.15) is 0 Å². The standard InChI is InChI=1S/C20H22N2O3/c23-19(11-10-18-9-4-12-25-18)21-14-15-5-3-8-17(13-15)22-20(24)16-6-1-2-7-16/h3-5,8-13,16H,1-2,6-7,14H2,(H,21,23)(H,22,24). The normalized spacial score (nSPS) is 14.7. The lowest BCUT2D eigenvalue weighted by atomic mass is 10.1. The van der Waals surface area contributed by atoms with Crippen LogP contribution in [0.15, 0.2) is 53.2 Å². The molecule has 2 aromatic rings. The van der Waals surface area contributed by atoms with E-state index in [4.69, 9.17) is 4.42 Å². The summed E-state index contributed by atoms with van der Waals surface area (Å²) in [6.07, 6.45) is 8.83. The SMILES string of the molecule is O=C(C=Cc1ccco1)NCc1cccc(NC(=O)C2CCCC2)c1. The maximum atomic E-state index is 12.2. The van der Waals surface area contributed by atoms with Crippen molar-refractivity contribution in [1.29, 1.82) is 0 Å². The minimum atomic E-state index is -0.197. The van der Waals surface area contributed by atoms with Gasteiger partial charge in [-0.15, -0.1) is 0 Å². The van der Waals surface area contributed by atoms with Crippen LogP contribution in [-0.4, -0.2) is 11.8 Å². The molecule has 0 spiro atoms. The summed E-state index contributed by atoms with van der Waals surface area (Å²) in [7, 11) is 0. The highest BCUT2D eigenvalue weighted by Crippen LogP contribution is 2.26. The molecule has 0 unspecified atom stereocenters. The van der Waals surface area contributed by atoms with Crippen LogP contribution >= 0.6 is 0 Å². The molecule has 0 radical (unpaired) electrons. The van der Waals surface area contributed by atoms with Gasteiger partial charge in [0.05, 0.1) is 6.26 Å². The van der Waals surface area contributed by atoms with Gasteiger partial charge in [-0.05, 0) is 48.7 Å². The zero-order valence-electron chi connectivity index (χ0n) is 14.0. The minimum absolute atomic E-state index is 0.0973. The fourth-order valence-corrected chi connectivity index (χ4v) is 2.98. The van der Waals surface area contributed by atoms with Gasteiger partial charge in [0.15, 0.2) is 0 Å². The van der Waals surface area contributed by atoms with Gasteiger partial charge in [0.1, 0.15) is 5.76 Å².